The number of quaternary nitrogens is 1. The Morgan fingerprint density at radius 1 is 1.07 bits per heavy atom. The van der Waals surface area contributed by atoms with Crippen LogP contribution in [0.1, 0.15) is 5.56 Å². The van der Waals surface area contributed by atoms with Crippen molar-refractivity contribution in [3.63, 3.8) is 0 Å². The van der Waals surface area contributed by atoms with Gasteiger partial charge in [0.1, 0.15) is 12.3 Å². The molecule has 0 radical (unpaired) electrons. The van der Waals surface area contributed by atoms with Crippen molar-refractivity contribution in [2.75, 3.05) is 28.3 Å². The molecule has 0 saturated heterocycles. The van der Waals surface area contributed by atoms with Gasteiger partial charge in [0, 0.05) is 5.56 Å². The highest BCUT2D eigenvalue weighted by atomic mass is 35.5. The van der Waals surface area contributed by atoms with Crippen molar-refractivity contribution in [3.8, 4) is 5.75 Å². The number of hydrogen-bond acceptors (Lipinski definition) is 1. The maximum Gasteiger partial charge on any atom is 0.118 e. The fourth-order valence-electron chi connectivity index (χ4n) is 1.28. The Balaban J connectivity index is 0.00000169. The van der Waals surface area contributed by atoms with Crippen molar-refractivity contribution >= 4 is 0 Å². The molecule has 0 saturated carbocycles. The average molecular weight is 216 g/mol. The number of halogens is 1. The summed E-state index contributed by atoms with van der Waals surface area (Å²) in [5.41, 5.74) is 1.34. The van der Waals surface area contributed by atoms with Crippen molar-refractivity contribution in [3.05, 3.63) is 29.8 Å². The number of benzene rings is 1. The topological polar surface area (TPSA) is 9.23 Å². The zero-order valence-corrected chi connectivity index (χ0v) is 10.0. The van der Waals surface area contributed by atoms with E-state index in [4.69, 9.17) is 4.74 Å². The Hall–Kier alpha value is -0.730. The van der Waals surface area contributed by atoms with Gasteiger partial charge in [0.05, 0.1) is 28.3 Å². The summed E-state index contributed by atoms with van der Waals surface area (Å²) in [6, 6.07) is 8.24. The van der Waals surface area contributed by atoms with Crippen LogP contribution >= 0.6 is 0 Å². The third kappa shape index (κ3) is 4.49. The lowest BCUT2D eigenvalue weighted by atomic mass is 10.2. The van der Waals surface area contributed by atoms with Crippen molar-refractivity contribution in [2.24, 2.45) is 0 Å². The summed E-state index contributed by atoms with van der Waals surface area (Å²) in [6.45, 7) is 1.05. The Morgan fingerprint density at radius 3 is 1.93 bits per heavy atom. The summed E-state index contributed by atoms with van der Waals surface area (Å²) in [5.74, 6) is 0.921. The zero-order valence-electron chi connectivity index (χ0n) is 9.25. The molecule has 0 aliphatic carbocycles. The van der Waals surface area contributed by atoms with Gasteiger partial charge < -0.3 is 21.6 Å². The van der Waals surface area contributed by atoms with Gasteiger partial charge in [-0.05, 0) is 24.3 Å². The van der Waals surface area contributed by atoms with Crippen molar-refractivity contribution < 1.29 is 21.6 Å². The predicted molar refractivity (Wildman–Crippen MR) is 54.7 cm³/mol. The van der Waals surface area contributed by atoms with Crippen LogP contribution in [0.15, 0.2) is 24.3 Å². The van der Waals surface area contributed by atoms with Gasteiger partial charge in [0.2, 0.25) is 0 Å². The van der Waals surface area contributed by atoms with E-state index < -0.39 is 0 Å². The van der Waals surface area contributed by atoms with Gasteiger partial charge in [0.25, 0.3) is 0 Å². The second-order valence-electron chi connectivity index (χ2n) is 4.30. The standard InChI is InChI=1S/C11H18NO.ClH/c1-12(2,3)9-10-5-7-11(13-4)8-6-10;/h5-8H,9H2,1-4H3;1H/q+1;/p-1. The van der Waals surface area contributed by atoms with E-state index in [-0.39, 0.29) is 12.4 Å². The molecule has 0 fully saturated rings. The molecule has 0 aromatic heterocycles. The average Bonchev–Trinajstić information content (AvgIpc) is 2.03. The molecule has 2 nitrogen and oxygen atoms in total. The summed E-state index contributed by atoms with van der Waals surface area (Å²) in [4.78, 5) is 0. The predicted octanol–water partition coefficient (Wildman–Crippen LogP) is -1.09. The van der Waals surface area contributed by atoms with E-state index in [0.717, 1.165) is 16.8 Å². The minimum Gasteiger partial charge on any atom is -1.00 e. The fraction of sp³-hybridized carbons (Fsp3) is 0.455. The lowest BCUT2D eigenvalue weighted by Crippen LogP contribution is -3.00. The zero-order chi connectivity index (χ0) is 9.90. The molecule has 1 aromatic carbocycles. The van der Waals surface area contributed by atoms with Crippen molar-refractivity contribution in [2.45, 2.75) is 6.54 Å². The van der Waals surface area contributed by atoms with Crippen molar-refractivity contribution in [1.82, 2.24) is 0 Å². The molecule has 3 heteroatoms. The van der Waals surface area contributed by atoms with Crippen LogP contribution in [0.5, 0.6) is 5.75 Å². The van der Waals surface area contributed by atoms with E-state index >= 15 is 0 Å². The molecule has 14 heavy (non-hydrogen) atoms. The summed E-state index contributed by atoms with van der Waals surface area (Å²) in [7, 11) is 8.24. The molecule has 0 unspecified atom stereocenters. The van der Waals surface area contributed by atoms with Gasteiger partial charge in [-0.25, -0.2) is 0 Å². The highest BCUT2D eigenvalue weighted by Crippen LogP contribution is 2.13. The molecule has 1 rings (SSSR count). The highest BCUT2D eigenvalue weighted by Gasteiger charge is 2.07. The van der Waals surface area contributed by atoms with Crippen LogP contribution in [0.3, 0.4) is 0 Å². The van der Waals surface area contributed by atoms with E-state index in [1.165, 1.54) is 5.56 Å². The van der Waals surface area contributed by atoms with Crippen LogP contribution in [-0.2, 0) is 6.54 Å². The van der Waals surface area contributed by atoms with E-state index in [1.807, 2.05) is 12.1 Å². The first-order valence-corrected chi connectivity index (χ1v) is 4.45. The lowest BCUT2D eigenvalue weighted by Gasteiger charge is -2.23. The van der Waals surface area contributed by atoms with Crippen LogP contribution in [0.4, 0.5) is 0 Å². The van der Waals surface area contributed by atoms with Gasteiger partial charge >= 0.3 is 0 Å². The summed E-state index contributed by atoms with van der Waals surface area (Å²) < 4.78 is 6.04. The van der Waals surface area contributed by atoms with Crippen molar-refractivity contribution in [1.29, 1.82) is 0 Å². The van der Waals surface area contributed by atoms with Crippen LogP contribution in [0.25, 0.3) is 0 Å². The highest BCUT2D eigenvalue weighted by molar-refractivity contribution is 5.26. The van der Waals surface area contributed by atoms with Gasteiger partial charge in [0.15, 0.2) is 0 Å². The monoisotopic (exact) mass is 215 g/mol. The Morgan fingerprint density at radius 2 is 1.57 bits per heavy atom. The van der Waals surface area contributed by atoms with Gasteiger partial charge in [-0.2, -0.15) is 0 Å². The molecule has 0 spiro atoms. The molecule has 80 valence electrons. The molecule has 0 amide bonds. The van der Waals surface area contributed by atoms with E-state index in [2.05, 4.69) is 33.3 Å². The molecule has 0 bridgehead atoms. The summed E-state index contributed by atoms with van der Waals surface area (Å²) in [5, 5.41) is 0. The first kappa shape index (κ1) is 13.3. The first-order chi connectivity index (χ1) is 6.01. The maximum atomic E-state index is 5.09. The summed E-state index contributed by atoms with van der Waals surface area (Å²) in [6.07, 6.45) is 0. The van der Waals surface area contributed by atoms with E-state index in [9.17, 15) is 0 Å². The SMILES string of the molecule is COc1ccc(C[N+](C)(C)C)cc1.[Cl-]. The van der Waals surface area contributed by atoms with Gasteiger partial charge in [-0.1, -0.05) is 0 Å². The smallest absolute Gasteiger partial charge is 0.118 e. The van der Waals surface area contributed by atoms with Crippen LogP contribution in [0, 0.1) is 0 Å². The minimum absolute atomic E-state index is 0. The molecular formula is C11H18ClNO. The lowest BCUT2D eigenvalue weighted by molar-refractivity contribution is -0.884. The molecule has 0 aliphatic rings. The molecule has 0 heterocycles. The van der Waals surface area contributed by atoms with Crippen LogP contribution in [0.2, 0.25) is 0 Å². The molecule has 0 N–H and O–H groups in total. The van der Waals surface area contributed by atoms with Crippen LogP contribution < -0.4 is 17.1 Å². The Labute approximate surface area is 92.5 Å². The first-order valence-electron chi connectivity index (χ1n) is 4.45. The number of hydrogen-bond donors (Lipinski definition) is 0. The number of ether oxygens (including phenoxy) is 1. The summed E-state index contributed by atoms with van der Waals surface area (Å²) >= 11 is 0. The number of methoxy groups -OCH3 is 1. The minimum atomic E-state index is 0. The molecule has 0 aliphatic heterocycles. The van der Waals surface area contributed by atoms with Crippen LogP contribution in [-0.4, -0.2) is 32.7 Å². The molecule has 1 aromatic rings. The Bertz CT molecular complexity index is 264. The normalized spacial score (nSPS) is 10.6. The second kappa shape index (κ2) is 5.23. The molecule has 0 atom stereocenters. The fourth-order valence-corrected chi connectivity index (χ4v) is 1.28. The third-order valence-corrected chi connectivity index (χ3v) is 1.82. The third-order valence-electron chi connectivity index (χ3n) is 1.82. The molecular weight excluding hydrogens is 198 g/mol. The van der Waals surface area contributed by atoms with E-state index in [0.29, 0.717) is 0 Å². The second-order valence-corrected chi connectivity index (χ2v) is 4.30. The quantitative estimate of drug-likeness (QED) is 0.583. The van der Waals surface area contributed by atoms with Gasteiger partial charge in [-0.3, -0.25) is 0 Å². The number of nitrogens with zero attached hydrogens (tertiary/aromatic N) is 1. The van der Waals surface area contributed by atoms with Gasteiger partial charge in [-0.15, -0.1) is 0 Å². The maximum absolute atomic E-state index is 5.09. The Kier molecular flexibility index (Phi) is 4.95. The largest absolute Gasteiger partial charge is 1.00 e. The number of rotatable bonds is 3. The van der Waals surface area contributed by atoms with E-state index in [1.54, 1.807) is 7.11 Å².